The van der Waals surface area contributed by atoms with E-state index in [9.17, 15) is 21.6 Å². The monoisotopic (exact) mass is 320 g/mol. The van der Waals surface area contributed by atoms with Gasteiger partial charge in [0, 0.05) is 0 Å². The number of terminal acetylenes is 1. The van der Waals surface area contributed by atoms with Gasteiger partial charge in [0.2, 0.25) is 0 Å². The fourth-order valence-electron chi connectivity index (χ4n) is 4.38. The van der Waals surface area contributed by atoms with Crippen LogP contribution in [0.5, 0.6) is 0 Å². The van der Waals surface area contributed by atoms with Crippen LogP contribution in [0.1, 0.15) is 32.1 Å². The van der Waals surface area contributed by atoms with Gasteiger partial charge in [0.05, 0.1) is 0 Å². The molecule has 0 spiro atoms. The Hall–Kier alpha value is -1.16. The summed E-state index contributed by atoms with van der Waals surface area (Å²) >= 11 is 0. The average molecular weight is 320 g/mol. The van der Waals surface area contributed by atoms with Crippen LogP contribution in [0.2, 0.25) is 0 Å². The molecular formula is C14H15F3O3S. The summed E-state index contributed by atoms with van der Waals surface area (Å²) in [6.45, 7) is 0. The molecule has 0 heterocycles. The minimum Gasteiger partial charge on any atom is -0.367 e. The second-order valence-corrected chi connectivity index (χ2v) is 7.75. The third-order valence-corrected chi connectivity index (χ3v) is 5.84. The zero-order valence-electron chi connectivity index (χ0n) is 11.2. The Kier molecular flexibility index (Phi) is 3.28. The molecule has 4 fully saturated rings. The molecule has 4 saturated carbocycles. The first-order valence-corrected chi connectivity index (χ1v) is 8.33. The standard InChI is InChI=1S/C14H15F3O3S/c1-2-12(20-21(18,19)14(15,16)17)13-10-4-8-3-9(6-10)7-11(13)5-8/h1,8-11H,3-7H2. The van der Waals surface area contributed by atoms with Crippen LogP contribution in [0.4, 0.5) is 13.2 Å². The van der Waals surface area contributed by atoms with Crippen molar-refractivity contribution in [3.8, 4) is 12.3 Å². The van der Waals surface area contributed by atoms with E-state index in [4.69, 9.17) is 6.42 Å². The molecule has 4 aliphatic rings. The lowest BCUT2D eigenvalue weighted by Gasteiger charge is -2.51. The second kappa shape index (κ2) is 4.67. The molecule has 4 aliphatic carbocycles. The molecular weight excluding hydrogens is 305 g/mol. The van der Waals surface area contributed by atoms with Gasteiger partial charge in [-0.15, -0.1) is 6.42 Å². The molecule has 0 radical (unpaired) electrons. The Bertz CT molecular complexity index is 595. The number of hydrogen-bond acceptors (Lipinski definition) is 3. The molecule has 0 N–H and O–H groups in total. The zero-order chi connectivity index (χ0) is 15.4. The summed E-state index contributed by atoms with van der Waals surface area (Å²) in [5, 5.41) is 0. The maximum absolute atomic E-state index is 12.5. The molecule has 0 aromatic carbocycles. The summed E-state index contributed by atoms with van der Waals surface area (Å²) < 4.78 is 64.0. The quantitative estimate of drug-likeness (QED) is 0.340. The van der Waals surface area contributed by atoms with Crippen LogP contribution >= 0.6 is 0 Å². The SMILES string of the molecule is C#CC(OS(=O)(=O)C(F)(F)F)=C1C2CC3CC(C2)CC1C3. The Morgan fingerprint density at radius 1 is 1.10 bits per heavy atom. The summed E-state index contributed by atoms with van der Waals surface area (Å²) in [6.07, 6.45) is 9.92. The van der Waals surface area contributed by atoms with Crippen LogP contribution in [0, 0.1) is 36.0 Å². The number of alkyl halides is 3. The molecule has 0 aliphatic heterocycles. The van der Waals surface area contributed by atoms with E-state index in [1.165, 1.54) is 6.42 Å². The Morgan fingerprint density at radius 2 is 1.57 bits per heavy atom. The van der Waals surface area contributed by atoms with Crippen molar-refractivity contribution in [2.75, 3.05) is 0 Å². The van der Waals surface area contributed by atoms with Gasteiger partial charge >= 0.3 is 15.6 Å². The Balaban J connectivity index is 1.95. The van der Waals surface area contributed by atoms with Crippen LogP contribution in [0.3, 0.4) is 0 Å². The average Bonchev–Trinajstić information content (AvgIpc) is 2.34. The van der Waals surface area contributed by atoms with Gasteiger partial charge in [-0.2, -0.15) is 21.6 Å². The first-order valence-electron chi connectivity index (χ1n) is 6.92. The zero-order valence-corrected chi connectivity index (χ0v) is 12.0. The van der Waals surface area contributed by atoms with E-state index in [2.05, 4.69) is 4.18 Å². The predicted octanol–water partition coefficient (Wildman–Crippen LogP) is 3.20. The van der Waals surface area contributed by atoms with E-state index in [-0.39, 0.29) is 11.8 Å². The molecule has 0 unspecified atom stereocenters. The number of allylic oxidation sites excluding steroid dienone is 2. The van der Waals surface area contributed by atoms with Crippen LogP contribution < -0.4 is 0 Å². The molecule has 7 heteroatoms. The molecule has 116 valence electrons. The van der Waals surface area contributed by atoms with Gasteiger partial charge in [0.1, 0.15) is 0 Å². The number of halogens is 3. The van der Waals surface area contributed by atoms with Crippen molar-refractivity contribution < 1.29 is 25.8 Å². The fourth-order valence-corrected chi connectivity index (χ4v) is 4.83. The van der Waals surface area contributed by atoms with Crippen molar-refractivity contribution in [2.24, 2.45) is 23.7 Å². The number of hydrogen-bond donors (Lipinski definition) is 0. The minimum absolute atomic E-state index is 0.0794. The number of rotatable bonds is 2. The molecule has 0 amide bonds. The normalized spacial score (nSPS) is 34.7. The van der Waals surface area contributed by atoms with Crippen molar-refractivity contribution >= 4 is 10.1 Å². The van der Waals surface area contributed by atoms with Crippen molar-refractivity contribution in [3.05, 3.63) is 11.3 Å². The van der Waals surface area contributed by atoms with E-state index in [1.54, 1.807) is 0 Å². The lowest BCUT2D eigenvalue weighted by atomic mass is 9.54. The van der Waals surface area contributed by atoms with Gasteiger partial charge in [-0.25, -0.2) is 0 Å². The van der Waals surface area contributed by atoms with Gasteiger partial charge in [0.15, 0.2) is 5.76 Å². The Morgan fingerprint density at radius 3 is 1.95 bits per heavy atom. The van der Waals surface area contributed by atoms with Gasteiger partial charge in [-0.1, -0.05) is 0 Å². The molecule has 21 heavy (non-hydrogen) atoms. The van der Waals surface area contributed by atoms with E-state index in [1.807, 2.05) is 5.92 Å². The molecule has 0 saturated heterocycles. The van der Waals surface area contributed by atoms with E-state index < -0.39 is 21.4 Å². The van der Waals surface area contributed by atoms with Gasteiger partial charge < -0.3 is 4.18 Å². The first-order chi connectivity index (χ1) is 9.71. The molecule has 4 bridgehead atoms. The summed E-state index contributed by atoms with van der Waals surface area (Å²) in [7, 11) is -5.69. The van der Waals surface area contributed by atoms with Gasteiger partial charge in [-0.3, -0.25) is 0 Å². The highest BCUT2D eigenvalue weighted by Gasteiger charge is 2.51. The highest BCUT2D eigenvalue weighted by Crippen LogP contribution is 2.57. The first kappa shape index (κ1) is 14.8. The summed E-state index contributed by atoms with van der Waals surface area (Å²) in [4.78, 5) is 0. The summed E-state index contributed by atoms with van der Waals surface area (Å²) in [5.41, 5.74) is -4.83. The third kappa shape index (κ3) is 2.44. The topological polar surface area (TPSA) is 43.4 Å². The molecule has 4 rings (SSSR count). The van der Waals surface area contributed by atoms with Gasteiger partial charge in [-0.05, 0) is 67.3 Å². The fraction of sp³-hybridized carbons (Fsp3) is 0.714. The molecule has 3 nitrogen and oxygen atoms in total. The van der Waals surface area contributed by atoms with Crippen molar-refractivity contribution in [1.29, 1.82) is 0 Å². The van der Waals surface area contributed by atoms with E-state index in [0.717, 1.165) is 25.7 Å². The van der Waals surface area contributed by atoms with Gasteiger partial charge in [0.25, 0.3) is 0 Å². The lowest BCUT2D eigenvalue weighted by molar-refractivity contribution is -0.0522. The minimum atomic E-state index is -5.69. The second-order valence-electron chi connectivity index (χ2n) is 6.22. The van der Waals surface area contributed by atoms with Crippen molar-refractivity contribution in [3.63, 3.8) is 0 Å². The van der Waals surface area contributed by atoms with Crippen LogP contribution in [-0.2, 0) is 14.3 Å². The molecule has 0 atom stereocenters. The maximum atomic E-state index is 12.5. The Labute approximate surface area is 121 Å². The maximum Gasteiger partial charge on any atom is 0.534 e. The smallest absolute Gasteiger partial charge is 0.367 e. The predicted molar refractivity (Wildman–Crippen MR) is 69.0 cm³/mol. The summed E-state index contributed by atoms with van der Waals surface area (Å²) in [5.74, 6) is 2.95. The van der Waals surface area contributed by atoms with Crippen molar-refractivity contribution in [1.82, 2.24) is 0 Å². The van der Waals surface area contributed by atoms with Crippen LogP contribution in [-0.4, -0.2) is 13.9 Å². The highest BCUT2D eigenvalue weighted by atomic mass is 32.2. The highest BCUT2D eigenvalue weighted by molar-refractivity contribution is 7.87. The lowest BCUT2D eigenvalue weighted by Crippen LogP contribution is -2.41. The van der Waals surface area contributed by atoms with E-state index >= 15 is 0 Å². The van der Waals surface area contributed by atoms with E-state index in [0.29, 0.717) is 17.4 Å². The van der Waals surface area contributed by atoms with Crippen molar-refractivity contribution in [2.45, 2.75) is 37.6 Å². The molecule has 0 aromatic rings. The molecule has 0 aromatic heterocycles. The van der Waals surface area contributed by atoms with Crippen LogP contribution in [0.15, 0.2) is 11.3 Å². The summed E-state index contributed by atoms with van der Waals surface area (Å²) in [6, 6.07) is 0. The van der Waals surface area contributed by atoms with Crippen LogP contribution in [0.25, 0.3) is 0 Å². The third-order valence-electron chi connectivity index (χ3n) is 4.89. The largest absolute Gasteiger partial charge is 0.534 e.